The van der Waals surface area contributed by atoms with Gasteiger partial charge in [-0.3, -0.25) is 19.4 Å². The van der Waals surface area contributed by atoms with Gasteiger partial charge in [0.15, 0.2) is 0 Å². The van der Waals surface area contributed by atoms with Gasteiger partial charge in [-0.15, -0.1) is 13.2 Å². The lowest BCUT2D eigenvalue weighted by Crippen LogP contribution is -2.54. The van der Waals surface area contributed by atoms with Gasteiger partial charge in [-0.25, -0.2) is 0 Å². The number of nitrogens with zero attached hydrogens (tertiary/aromatic N) is 2. The minimum absolute atomic E-state index is 0.0489. The van der Waals surface area contributed by atoms with Crippen LogP contribution in [0.4, 0.5) is 18.9 Å². The molecule has 0 radical (unpaired) electrons. The van der Waals surface area contributed by atoms with Crippen molar-refractivity contribution in [1.29, 1.82) is 0 Å². The van der Waals surface area contributed by atoms with Gasteiger partial charge in [-0.05, 0) is 31.2 Å². The summed E-state index contributed by atoms with van der Waals surface area (Å²) in [5.74, 6) is -0.646. The highest BCUT2D eigenvalue weighted by molar-refractivity contribution is 5.94. The summed E-state index contributed by atoms with van der Waals surface area (Å²) in [4.78, 5) is 27.8. The van der Waals surface area contributed by atoms with Crippen molar-refractivity contribution < 1.29 is 27.5 Å². The van der Waals surface area contributed by atoms with Crippen LogP contribution in [-0.4, -0.2) is 73.8 Å². The van der Waals surface area contributed by atoms with Gasteiger partial charge >= 0.3 is 6.36 Å². The Kier molecular flexibility index (Phi) is 7.03. The molecule has 0 saturated carbocycles. The van der Waals surface area contributed by atoms with Crippen LogP contribution in [0.2, 0.25) is 0 Å². The van der Waals surface area contributed by atoms with E-state index in [4.69, 9.17) is 0 Å². The van der Waals surface area contributed by atoms with Crippen molar-refractivity contribution in [1.82, 2.24) is 15.1 Å². The molecule has 1 fully saturated rings. The van der Waals surface area contributed by atoms with Gasteiger partial charge in [0.05, 0.1) is 12.6 Å². The molecule has 1 aliphatic heterocycles. The van der Waals surface area contributed by atoms with Crippen molar-refractivity contribution in [2.24, 2.45) is 0 Å². The highest BCUT2D eigenvalue weighted by Gasteiger charge is 2.31. The highest BCUT2D eigenvalue weighted by Crippen LogP contribution is 2.24. The second kappa shape index (κ2) is 9.05. The quantitative estimate of drug-likeness (QED) is 0.768. The third-order valence-corrected chi connectivity index (χ3v) is 4.34. The molecule has 7 nitrogen and oxygen atoms in total. The van der Waals surface area contributed by atoms with E-state index < -0.39 is 12.4 Å². The van der Waals surface area contributed by atoms with E-state index in [0.29, 0.717) is 38.4 Å². The van der Waals surface area contributed by atoms with Crippen LogP contribution in [0.5, 0.6) is 5.75 Å². The Labute approximate surface area is 155 Å². The normalized spacial score (nSPS) is 17.2. The van der Waals surface area contributed by atoms with E-state index in [1.807, 2.05) is 9.80 Å². The molecule has 2 N–H and O–H groups in total. The lowest BCUT2D eigenvalue weighted by atomic mass is 10.2. The van der Waals surface area contributed by atoms with Crippen molar-refractivity contribution in [3.8, 4) is 5.75 Å². The highest BCUT2D eigenvalue weighted by atomic mass is 19.4. The number of anilines is 1. The van der Waals surface area contributed by atoms with E-state index in [0.717, 1.165) is 12.1 Å². The molecule has 1 heterocycles. The minimum Gasteiger partial charge on any atom is -0.406 e. The van der Waals surface area contributed by atoms with Crippen molar-refractivity contribution in [2.45, 2.75) is 19.3 Å². The Bertz CT molecular complexity index is 644. The van der Waals surface area contributed by atoms with Crippen molar-refractivity contribution in [2.75, 3.05) is 45.1 Å². The van der Waals surface area contributed by atoms with Crippen molar-refractivity contribution in [3.05, 3.63) is 24.3 Å². The zero-order chi connectivity index (χ0) is 20.0. The van der Waals surface area contributed by atoms with Crippen LogP contribution in [0.15, 0.2) is 24.3 Å². The monoisotopic (exact) mass is 388 g/mol. The Balaban J connectivity index is 1.83. The number of hydrogen-bond donors (Lipinski definition) is 2. The van der Waals surface area contributed by atoms with Crippen molar-refractivity contribution >= 4 is 17.5 Å². The number of hydrogen-bond acceptors (Lipinski definition) is 5. The van der Waals surface area contributed by atoms with E-state index in [9.17, 15) is 22.8 Å². The molecule has 2 rings (SSSR count). The van der Waals surface area contributed by atoms with Gasteiger partial charge in [-0.1, -0.05) is 0 Å². The number of rotatable bonds is 6. The number of piperazine rings is 1. The zero-order valence-corrected chi connectivity index (χ0v) is 15.2. The number of carbonyl (C=O) groups excluding carboxylic acids is 2. The van der Waals surface area contributed by atoms with Crippen LogP contribution in [-0.2, 0) is 9.59 Å². The molecule has 27 heavy (non-hydrogen) atoms. The molecule has 10 heteroatoms. The third-order valence-electron chi connectivity index (χ3n) is 4.34. The summed E-state index contributed by atoms with van der Waals surface area (Å²) in [6, 6.07) is 4.59. The topological polar surface area (TPSA) is 73.9 Å². The fourth-order valence-electron chi connectivity index (χ4n) is 2.74. The van der Waals surface area contributed by atoms with E-state index in [2.05, 4.69) is 15.4 Å². The number of ether oxygens (including phenoxy) is 1. The predicted molar refractivity (Wildman–Crippen MR) is 93.3 cm³/mol. The van der Waals surface area contributed by atoms with Gasteiger partial charge < -0.3 is 15.4 Å². The smallest absolute Gasteiger partial charge is 0.406 e. The fourth-order valence-corrected chi connectivity index (χ4v) is 2.74. The third kappa shape index (κ3) is 6.72. The fraction of sp³-hybridized carbons (Fsp3) is 0.529. The second-order valence-electron chi connectivity index (χ2n) is 6.22. The minimum atomic E-state index is -4.75. The maximum Gasteiger partial charge on any atom is 0.573 e. The Morgan fingerprint density at radius 3 is 2.26 bits per heavy atom. The Hall–Kier alpha value is -2.33. The van der Waals surface area contributed by atoms with Gasteiger partial charge in [0, 0.05) is 38.9 Å². The molecule has 1 aromatic rings. The summed E-state index contributed by atoms with van der Waals surface area (Å²) < 4.78 is 40.3. The lowest BCUT2D eigenvalue weighted by molar-refractivity contribution is -0.274. The van der Waals surface area contributed by atoms with Crippen LogP contribution < -0.4 is 15.4 Å². The van der Waals surface area contributed by atoms with Gasteiger partial charge in [0.1, 0.15) is 5.75 Å². The molecule has 0 aliphatic carbocycles. The first-order chi connectivity index (χ1) is 12.7. The molecular formula is C17H23F3N4O3. The molecule has 1 aliphatic rings. The lowest BCUT2D eigenvalue weighted by Gasteiger charge is -2.37. The summed E-state index contributed by atoms with van der Waals surface area (Å²) in [5, 5.41) is 5.26. The number of nitrogens with one attached hydrogen (secondary N) is 2. The molecule has 1 atom stereocenters. The molecule has 1 aromatic carbocycles. The molecule has 0 aromatic heterocycles. The van der Waals surface area contributed by atoms with Gasteiger partial charge in [-0.2, -0.15) is 0 Å². The number of likely N-dealkylation sites (N-methyl/N-ethyl adjacent to an activating group) is 1. The average molecular weight is 388 g/mol. The van der Waals surface area contributed by atoms with Crippen LogP contribution in [0.3, 0.4) is 0 Å². The second-order valence-corrected chi connectivity index (χ2v) is 6.22. The van der Waals surface area contributed by atoms with Crippen LogP contribution >= 0.6 is 0 Å². The average Bonchev–Trinajstić information content (AvgIpc) is 2.62. The molecule has 0 spiro atoms. The van der Waals surface area contributed by atoms with E-state index >= 15 is 0 Å². The van der Waals surface area contributed by atoms with E-state index in [1.165, 1.54) is 12.1 Å². The SMILES string of the molecule is CNC(=O)CN1CCN([C@@H](C)C(=O)Nc2ccc(OC(F)(F)F)cc2)CC1. The van der Waals surface area contributed by atoms with Crippen molar-refractivity contribution in [3.63, 3.8) is 0 Å². The summed E-state index contributed by atoms with van der Waals surface area (Å²) in [5.41, 5.74) is 0.389. The number of halogens is 3. The van der Waals surface area contributed by atoms with Gasteiger partial charge in [0.25, 0.3) is 0 Å². The Morgan fingerprint density at radius 2 is 1.74 bits per heavy atom. The molecule has 150 valence electrons. The summed E-state index contributed by atoms with van der Waals surface area (Å²) in [6.07, 6.45) is -4.75. The number of carbonyl (C=O) groups is 2. The van der Waals surface area contributed by atoms with Crippen LogP contribution in [0.25, 0.3) is 0 Å². The standard InChI is InChI=1S/C17H23F3N4O3/c1-12(24-9-7-23(8-10-24)11-15(25)21-2)16(26)22-13-3-5-14(6-4-13)27-17(18,19)20/h3-6,12H,7-11H2,1-2H3,(H,21,25)(H,22,26)/t12-/m0/s1. The maximum absolute atomic E-state index is 12.4. The summed E-state index contributed by atoms with van der Waals surface area (Å²) >= 11 is 0. The molecule has 0 bridgehead atoms. The van der Waals surface area contributed by atoms with E-state index in [1.54, 1.807) is 14.0 Å². The summed E-state index contributed by atoms with van der Waals surface area (Å²) in [7, 11) is 1.59. The molecule has 1 saturated heterocycles. The summed E-state index contributed by atoms with van der Waals surface area (Å²) in [6.45, 7) is 4.74. The predicted octanol–water partition coefficient (Wildman–Crippen LogP) is 1.28. The first-order valence-electron chi connectivity index (χ1n) is 8.51. The first-order valence-corrected chi connectivity index (χ1v) is 8.51. The maximum atomic E-state index is 12.4. The number of benzene rings is 1. The number of amides is 2. The first kappa shape index (κ1) is 21.0. The van der Waals surface area contributed by atoms with Crippen LogP contribution in [0, 0.1) is 0 Å². The molecule has 0 unspecified atom stereocenters. The Morgan fingerprint density at radius 1 is 1.15 bits per heavy atom. The van der Waals surface area contributed by atoms with Gasteiger partial charge in [0.2, 0.25) is 11.8 Å². The number of alkyl halides is 3. The zero-order valence-electron chi connectivity index (χ0n) is 15.2. The van der Waals surface area contributed by atoms with E-state index in [-0.39, 0.29) is 17.6 Å². The molecule has 2 amide bonds. The molecular weight excluding hydrogens is 365 g/mol. The largest absolute Gasteiger partial charge is 0.573 e. The van der Waals surface area contributed by atoms with Crippen LogP contribution in [0.1, 0.15) is 6.92 Å².